The highest BCUT2D eigenvalue weighted by Crippen LogP contribution is 2.17. The van der Waals surface area contributed by atoms with E-state index in [4.69, 9.17) is 0 Å². The molecule has 0 radical (unpaired) electrons. The Labute approximate surface area is 139 Å². The van der Waals surface area contributed by atoms with Crippen LogP contribution in [0.2, 0.25) is 0 Å². The molecule has 1 fully saturated rings. The van der Waals surface area contributed by atoms with E-state index in [-0.39, 0.29) is 5.75 Å². The zero-order chi connectivity index (χ0) is 17.0. The van der Waals surface area contributed by atoms with E-state index in [1.807, 2.05) is 13.8 Å². The van der Waals surface area contributed by atoms with Crippen molar-refractivity contribution in [2.75, 3.05) is 57.5 Å². The van der Waals surface area contributed by atoms with Crippen LogP contribution in [0, 0.1) is 13.8 Å². The van der Waals surface area contributed by atoms with Crippen molar-refractivity contribution in [3.63, 3.8) is 0 Å². The van der Waals surface area contributed by atoms with Crippen LogP contribution in [0.15, 0.2) is 6.20 Å². The van der Waals surface area contributed by atoms with Gasteiger partial charge in [-0.2, -0.15) is 0 Å². The van der Waals surface area contributed by atoms with Gasteiger partial charge in [-0.05, 0) is 26.8 Å². The average molecular weight is 341 g/mol. The fourth-order valence-electron chi connectivity index (χ4n) is 2.66. The summed E-state index contributed by atoms with van der Waals surface area (Å²) in [6.07, 6.45) is 2.46. The van der Waals surface area contributed by atoms with Crippen molar-refractivity contribution < 1.29 is 8.42 Å². The van der Waals surface area contributed by atoms with Gasteiger partial charge < -0.3 is 4.90 Å². The first-order chi connectivity index (χ1) is 10.8. The smallest absolute Gasteiger partial charge is 0.213 e. The molecule has 2 heterocycles. The Morgan fingerprint density at radius 1 is 1.17 bits per heavy atom. The molecule has 0 spiro atoms. The van der Waals surface area contributed by atoms with Gasteiger partial charge >= 0.3 is 0 Å². The van der Waals surface area contributed by atoms with E-state index in [9.17, 15) is 8.42 Å². The number of hydrogen-bond acceptors (Lipinski definition) is 6. The summed E-state index contributed by atoms with van der Waals surface area (Å²) in [5, 5.41) is 0. The zero-order valence-corrected chi connectivity index (χ0v) is 15.3. The highest BCUT2D eigenvalue weighted by molar-refractivity contribution is 7.89. The molecule has 0 amide bonds. The number of piperazine rings is 1. The lowest BCUT2D eigenvalue weighted by molar-refractivity contribution is 0.257. The van der Waals surface area contributed by atoms with E-state index in [1.54, 1.807) is 20.3 Å². The first-order valence-corrected chi connectivity index (χ1v) is 9.58. The molecule has 0 saturated carbocycles. The molecule has 23 heavy (non-hydrogen) atoms. The number of anilines is 1. The van der Waals surface area contributed by atoms with Gasteiger partial charge in [0.15, 0.2) is 0 Å². The van der Waals surface area contributed by atoms with Crippen molar-refractivity contribution in [3.05, 3.63) is 17.6 Å². The SMILES string of the molecule is Cc1cnc(C)c(N2CCN(CCCS(=O)(=O)N(C)C)CC2)n1. The molecule has 2 rings (SSSR count). The normalized spacial score (nSPS) is 17.0. The molecule has 130 valence electrons. The number of aryl methyl sites for hydroxylation is 2. The van der Waals surface area contributed by atoms with Crippen LogP contribution < -0.4 is 4.90 Å². The maximum atomic E-state index is 11.8. The lowest BCUT2D eigenvalue weighted by Crippen LogP contribution is -2.47. The third kappa shape index (κ3) is 4.86. The largest absolute Gasteiger partial charge is 0.353 e. The summed E-state index contributed by atoms with van der Waals surface area (Å²) in [4.78, 5) is 13.6. The Kier molecular flexibility index (Phi) is 5.94. The van der Waals surface area contributed by atoms with Crippen molar-refractivity contribution in [1.82, 2.24) is 19.2 Å². The predicted molar refractivity (Wildman–Crippen MR) is 92.2 cm³/mol. The number of hydrogen-bond donors (Lipinski definition) is 0. The predicted octanol–water partition coefficient (Wildman–Crippen LogP) is 0.497. The van der Waals surface area contributed by atoms with Gasteiger partial charge in [0, 0.05) is 46.5 Å². The summed E-state index contributed by atoms with van der Waals surface area (Å²) in [6, 6.07) is 0. The maximum Gasteiger partial charge on any atom is 0.213 e. The van der Waals surface area contributed by atoms with E-state index < -0.39 is 10.0 Å². The molecule has 1 aromatic rings. The van der Waals surface area contributed by atoms with Gasteiger partial charge in [-0.15, -0.1) is 0 Å². The van der Waals surface area contributed by atoms with Gasteiger partial charge in [-0.1, -0.05) is 0 Å². The van der Waals surface area contributed by atoms with Gasteiger partial charge in [0.2, 0.25) is 10.0 Å². The molecule has 1 aliphatic heterocycles. The van der Waals surface area contributed by atoms with Crippen LogP contribution in [0.4, 0.5) is 5.82 Å². The molecule has 0 aromatic carbocycles. The first-order valence-electron chi connectivity index (χ1n) is 7.97. The molecule has 0 aliphatic carbocycles. The van der Waals surface area contributed by atoms with E-state index in [1.165, 1.54) is 4.31 Å². The summed E-state index contributed by atoms with van der Waals surface area (Å²) in [5.74, 6) is 1.18. The summed E-state index contributed by atoms with van der Waals surface area (Å²) in [6.45, 7) is 8.42. The molecule has 1 saturated heterocycles. The summed E-state index contributed by atoms with van der Waals surface area (Å²) in [5.41, 5.74) is 1.89. The van der Waals surface area contributed by atoms with E-state index in [2.05, 4.69) is 19.8 Å². The summed E-state index contributed by atoms with van der Waals surface area (Å²) in [7, 11) is 0.0802. The Bertz CT molecular complexity index is 625. The number of nitrogens with zero attached hydrogens (tertiary/aromatic N) is 5. The van der Waals surface area contributed by atoms with Gasteiger partial charge in [-0.3, -0.25) is 9.88 Å². The second-order valence-electron chi connectivity index (χ2n) is 6.20. The molecule has 7 nitrogen and oxygen atoms in total. The van der Waals surface area contributed by atoms with Crippen molar-refractivity contribution in [2.24, 2.45) is 0 Å². The molecular weight excluding hydrogens is 314 g/mol. The van der Waals surface area contributed by atoms with Crippen molar-refractivity contribution in [3.8, 4) is 0 Å². The third-order valence-corrected chi connectivity index (χ3v) is 6.07. The Balaban J connectivity index is 1.81. The third-order valence-electron chi connectivity index (χ3n) is 4.16. The van der Waals surface area contributed by atoms with Crippen LogP contribution in [0.3, 0.4) is 0 Å². The quantitative estimate of drug-likeness (QED) is 0.750. The molecule has 0 unspecified atom stereocenters. The molecule has 1 aromatic heterocycles. The first kappa shape index (κ1) is 18.1. The minimum atomic E-state index is -3.09. The van der Waals surface area contributed by atoms with E-state index >= 15 is 0 Å². The lowest BCUT2D eigenvalue weighted by Gasteiger charge is -2.35. The molecule has 0 N–H and O–H groups in total. The fraction of sp³-hybridized carbons (Fsp3) is 0.733. The lowest BCUT2D eigenvalue weighted by atomic mass is 10.2. The molecule has 8 heteroatoms. The standard InChI is InChI=1S/C15H27N5O2S/c1-13-12-16-14(2)15(17-13)20-9-7-19(8-10-20)6-5-11-23(21,22)18(3)4/h12H,5-11H2,1-4H3. The molecule has 1 aliphatic rings. The van der Waals surface area contributed by atoms with Crippen LogP contribution in [-0.4, -0.2) is 80.2 Å². The Morgan fingerprint density at radius 2 is 1.83 bits per heavy atom. The minimum absolute atomic E-state index is 0.211. The number of rotatable bonds is 6. The van der Waals surface area contributed by atoms with Gasteiger partial charge in [0.05, 0.1) is 17.1 Å². The van der Waals surface area contributed by atoms with E-state index in [0.717, 1.165) is 49.9 Å². The Hall–Kier alpha value is -1.25. The molecular formula is C15H27N5O2S. The average Bonchev–Trinajstić information content (AvgIpc) is 2.50. The van der Waals surface area contributed by atoms with Crippen LogP contribution in [0.1, 0.15) is 17.8 Å². The molecule has 0 bridgehead atoms. The van der Waals surface area contributed by atoms with Gasteiger partial charge in [0.1, 0.15) is 5.82 Å². The van der Waals surface area contributed by atoms with Crippen molar-refractivity contribution >= 4 is 15.8 Å². The summed E-state index contributed by atoms with van der Waals surface area (Å²) < 4.78 is 24.8. The highest BCUT2D eigenvalue weighted by atomic mass is 32.2. The zero-order valence-electron chi connectivity index (χ0n) is 14.5. The number of aromatic nitrogens is 2. The van der Waals surface area contributed by atoms with Crippen LogP contribution in [0.5, 0.6) is 0 Å². The highest BCUT2D eigenvalue weighted by Gasteiger charge is 2.20. The minimum Gasteiger partial charge on any atom is -0.353 e. The van der Waals surface area contributed by atoms with Crippen molar-refractivity contribution in [2.45, 2.75) is 20.3 Å². The number of sulfonamides is 1. The second-order valence-corrected chi connectivity index (χ2v) is 8.50. The Morgan fingerprint density at radius 3 is 2.43 bits per heavy atom. The van der Waals surface area contributed by atoms with Crippen LogP contribution in [0.25, 0.3) is 0 Å². The molecule has 0 atom stereocenters. The fourth-order valence-corrected chi connectivity index (χ4v) is 3.52. The van der Waals surface area contributed by atoms with E-state index in [0.29, 0.717) is 6.42 Å². The van der Waals surface area contributed by atoms with Crippen molar-refractivity contribution in [1.29, 1.82) is 0 Å². The van der Waals surface area contributed by atoms with Crippen LogP contribution >= 0.6 is 0 Å². The summed E-state index contributed by atoms with van der Waals surface area (Å²) >= 11 is 0. The second kappa shape index (κ2) is 7.55. The van der Waals surface area contributed by atoms with Gasteiger partial charge in [-0.25, -0.2) is 17.7 Å². The van der Waals surface area contributed by atoms with Gasteiger partial charge in [0.25, 0.3) is 0 Å². The monoisotopic (exact) mass is 341 g/mol. The maximum absolute atomic E-state index is 11.8. The topological polar surface area (TPSA) is 69.6 Å². The van der Waals surface area contributed by atoms with Crippen LogP contribution in [-0.2, 0) is 10.0 Å².